The molecule has 1 aromatic rings. The van der Waals surface area contributed by atoms with Crippen molar-refractivity contribution in [1.82, 2.24) is 4.90 Å². The predicted octanol–water partition coefficient (Wildman–Crippen LogP) is 2.55. The van der Waals surface area contributed by atoms with E-state index >= 15 is 0 Å². The van der Waals surface area contributed by atoms with Crippen molar-refractivity contribution in [2.45, 2.75) is 19.9 Å². The fourth-order valence-electron chi connectivity index (χ4n) is 1.75. The second-order valence-corrected chi connectivity index (χ2v) is 4.34. The molecular formula is C13H20ClNO2. The van der Waals surface area contributed by atoms with Crippen molar-refractivity contribution in [3.63, 3.8) is 0 Å². The van der Waals surface area contributed by atoms with E-state index in [-0.39, 0.29) is 6.61 Å². The largest absolute Gasteiger partial charge is 0.496 e. The first-order valence-electron chi connectivity index (χ1n) is 5.86. The zero-order valence-electron chi connectivity index (χ0n) is 10.4. The third-order valence-electron chi connectivity index (χ3n) is 2.72. The average molecular weight is 258 g/mol. The Hall–Kier alpha value is -0.770. The van der Waals surface area contributed by atoms with Gasteiger partial charge < -0.3 is 9.84 Å². The summed E-state index contributed by atoms with van der Waals surface area (Å²) in [5.41, 5.74) is 1.08. The van der Waals surface area contributed by atoms with E-state index in [4.69, 9.17) is 21.4 Å². The molecule has 0 fully saturated rings. The molecule has 1 aromatic carbocycles. The molecule has 1 rings (SSSR count). The van der Waals surface area contributed by atoms with E-state index in [1.807, 2.05) is 18.2 Å². The maximum Gasteiger partial charge on any atom is 0.123 e. The van der Waals surface area contributed by atoms with Crippen LogP contribution < -0.4 is 4.74 Å². The molecule has 4 heteroatoms. The number of ether oxygens (including phenoxy) is 1. The fraction of sp³-hybridized carbons (Fsp3) is 0.538. The molecule has 17 heavy (non-hydrogen) atoms. The van der Waals surface area contributed by atoms with Crippen molar-refractivity contribution in [3.05, 3.63) is 28.8 Å². The number of methoxy groups -OCH3 is 1. The molecule has 0 heterocycles. The number of aliphatic hydroxyl groups excluding tert-OH is 1. The highest BCUT2D eigenvalue weighted by atomic mass is 35.5. The van der Waals surface area contributed by atoms with Crippen molar-refractivity contribution in [3.8, 4) is 5.75 Å². The van der Waals surface area contributed by atoms with Gasteiger partial charge in [0.15, 0.2) is 0 Å². The van der Waals surface area contributed by atoms with Crippen LogP contribution in [0.3, 0.4) is 0 Å². The topological polar surface area (TPSA) is 32.7 Å². The molecule has 0 saturated carbocycles. The van der Waals surface area contributed by atoms with Gasteiger partial charge in [-0.25, -0.2) is 0 Å². The quantitative estimate of drug-likeness (QED) is 0.815. The SMILES string of the molecule is CCN(CCCO)Cc1cc(Cl)ccc1OC. The molecule has 3 nitrogen and oxygen atoms in total. The van der Waals surface area contributed by atoms with E-state index in [0.717, 1.165) is 42.4 Å². The van der Waals surface area contributed by atoms with Crippen LogP contribution in [0.4, 0.5) is 0 Å². The lowest BCUT2D eigenvalue weighted by Gasteiger charge is -2.21. The Labute approximate surface area is 108 Å². The summed E-state index contributed by atoms with van der Waals surface area (Å²) in [6.07, 6.45) is 0.788. The van der Waals surface area contributed by atoms with Crippen molar-refractivity contribution in [2.24, 2.45) is 0 Å². The molecule has 96 valence electrons. The number of hydrogen-bond donors (Lipinski definition) is 1. The molecule has 0 radical (unpaired) electrons. The van der Waals surface area contributed by atoms with E-state index in [9.17, 15) is 0 Å². The molecule has 0 aliphatic heterocycles. The standard InChI is InChI=1S/C13H20ClNO2/c1-3-15(7-4-8-16)10-11-9-12(14)5-6-13(11)17-2/h5-6,9,16H,3-4,7-8,10H2,1-2H3. The Morgan fingerprint density at radius 2 is 2.18 bits per heavy atom. The second-order valence-electron chi connectivity index (χ2n) is 3.90. The van der Waals surface area contributed by atoms with Gasteiger partial charge in [-0.2, -0.15) is 0 Å². The van der Waals surface area contributed by atoms with E-state index < -0.39 is 0 Å². The summed E-state index contributed by atoms with van der Waals surface area (Å²) in [5.74, 6) is 0.858. The number of benzene rings is 1. The first kappa shape index (κ1) is 14.3. The van der Waals surface area contributed by atoms with Crippen LogP contribution in [0.25, 0.3) is 0 Å². The Morgan fingerprint density at radius 3 is 2.76 bits per heavy atom. The van der Waals surface area contributed by atoms with Gasteiger partial charge in [-0.3, -0.25) is 4.90 Å². The predicted molar refractivity (Wildman–Crippen MR) is 70.7 cm³/mol. The molecule has 0 spiro atoms. The fourth-order valence-corrected chi connectivity index (χ4v) is 1.95. The zero-order valence-corrected chi connectivity index (χ0v) is 11.2. The zero-order chi connectivity index (χ0) is 12.7. The van der Waals surface area contributed by atoms with Crippen LogP contribution in [-0.2, 0) is 6.54 Å². The maximum atomic E-state index is 8.85. The van der Waals surface area contributed by atoms with Crippen LogP contribution in [0.1, 0.15) is 18.9 Å². The minimum Gasteiger partial charge on any atom is -0.496 e. The highest BCUT2D eigenvalue weighted by molar-refractivity contribution is 6.30. The lowest BCUT2D eigenvalue weighted by Crippen LogP contribution is -2.24. The average Bonchev–Trinajstić information content (AvgIpc) is 2.34. The van der Waals surface area contributed by atoms with Gasteiger partial charge in [0, 0.05) is 30.3 Å². The molecule has 0 aromatic heterocycles. The van der Waals surface area contributed by atoms with Crippen molar-refractivity contribution in [2.75, 3.05) is 26.8 Å². The van der Waals surface area contributed by atoms with Crippen molar-refractivity contribution < 1.29 is 9.84 Å². The molecule has 0 aliphatic rings. The summed E-state index contributed by atoms with van der Waals surface area (Å²) in [6, 6.07) is 5.65. The van der Waals surface area contributed by atoms with Gasteiger partial charge in [-0.1, -0.05) is 18.5 Å². The summed E-state index contributed by atoms with van der Waals surface area (Å²) in [5, 5.41) is 9.57. The van der Waals surface area contributed by atoms with E-state index in [2.05, 4.69) is 11.8 Å². The molecule has 0 atom stereocenters. The summed E-state index contributed by atoms with van der Waals surface area (Å²) in [6.45, 7) is 4.94. The third-order valence-corrected chi connectivity index (χ3v) is 2.95. The van der Waals surface area contributed by atoms with Crippen LogP contribution in [0.15, 0.2) is 18.2 Å². The normalized spacial score (nSPS) is 10.9. The van der Waals surface area contributed by atoms with Gasteiger partial charge in [0.05, 0.1) is 7.11 Å². The third kappa shape index (κ3) is 4.54. The summed E-state index contributed by atoms with van der Waals surface area (Å²) in [7, 11) is 1.66. The van der Waals surface area contributed by atoms with Crippen molar-refractivity contribution >= 4 is 11.6 Å². The van der Waals surface area contributed by atoms with Crippen LogP contribution >= 0.6 is 11.6 Å². The number of halogens is 1. The molecule has 0 amide bonds. The van der Waals surface area contributed by atoms with Crippen molar-refractivity contribution in [1.29, 1.82) is 0 Å². The lowest BCUT2D eigenvalue weighted by molar-refractivity contribution is 0.223. The number of nitrogens with zero attached hydrogens (tertiary/aromatic N) is 1. The van der Waals surface area contributed by atoms with Gasteiger partial charge in [-0.05, 0) is 31.2 Å². The van der Waals surface area contributed by atoms with Gasteiger partial charge >= 0.3 is 0 Å². The summed E-state index contributed by atoms with van der Waals surface area (Å²) in [4.78, 5) is 2.25. The number of rotatable bonds is 7. The van der Waals surface area contributed by atoms with Crippen LogP contribution in [0.5, 0.6) is 5.75 Å². The first-order valence-corrected chi connectivity index (χ1v) is 6.24. The molecule has 0 saturated heterocycles. The second kappa shape index (κ2) is 7.54. The smallest absolute Gasteiger partial charge is 0.123 e. The number of aliphatic hydroxyl groups is 1. The van der Waals surface area contributed by atoms with Gasteiger partial charge in [-0.15, -0.1) is 0 Å². The van der Waals surface area contributed by atoms with Crippen LogP contribution in [0.2, 0.25) is 5.02 Å². The Morgan fingerprint density at radius 1 is 1.41 bits per heavy atom. The van der Waals surface area contributed by atoms with Crippen LogP contribution in [0, 0.1) is 0 Å². The van der Waals surface area contributed by atoms with Crippen LogP contribution in [-0.4, -0.2) is 36.8 Å². The van der Waals surface area contributed by atoms with E-state index in [0.29, 0.717) is 0 Å². The minimum atomic E-state index is 0.225. The monoisotopic (exact) mass is 257 g/mol. The first-order chi connectivity index (χ1) is 8.21. The van der Waals surface area contributed by atoms with Gasteiger partial charge in [0.1, 0.15) is 5.75 Å². The van der Waals surface area contributed by atoms with E-state index in [1.165, 1.54) is 0 Å². The Balaban J connectivity index is 2.73. The minimum absolute atomic E-state index is 0.225. The molecule has 1 N–H and O–H groups in total. The lowest BCUT2D eigenvalue weighted by atomic mass is 10.2. The van der Waals surface area contributed by atoms with Gasteiger partial charge in [0.2, 0.25) is 0 Å². The molecule has 0 aliphatic carbocycles. The Bertz CT molecular complexity index is 344. The number of hydrogen-bond acceptors (Lipinski definition) is 3. The highest BCUT2D eigenvalue weighted by Gasteiger charge is 2.08. The summed E-state index contributed by atoms with van der Waals surface area (Å²) < 4.78 is 5.32. The maximum absolute atomic E-state index is 8.85. The molecular weight excluding hydrogens is 238 g/mol. The Kier molecular flexibility index (Phi) is 6.34. The molecule has 0 unspecified atom stereocenters. The van der Waals surface area contributed by atoms with E-state index in [1.54, 1.807) is 7.11 Å². The molecule has 0 bridgehead atoms. The van der Waals surface area contributed by atoms with Gasteiger partial charge in [0.25, 0.3) is 0 Å². The summed E-state index contributed by atoms with van der Waals surface area (Å²) >= 11 is 5.99. The highest BCUT2D eigenvalue weighted by Crippen LogP contribution is 2.23.